The Bertz CT molecular complexity index is 398. The Hall–Kier alpha value is -0.880. The van der Waals surface area contributed by atoms with Crippen molar-refractivity contribution in [2.75, 3.05) is 13.1 Å². The van der Waals surface area contributed by atoms with E-state index in [-0.39, 0.29) is 35.4 Å². The van der Waals surface area contributed by atoms with Gasteiger partial charge in [-0.2, -0.15) is 0 Å². The second-order valence-electron chi connectivity index (χ2n) is 4.33. The summed E-state index contributed by atoms with van der Waals surface area (Å²) in [5.41, 5.74) is 1.13. The van der Waals surface area contributed by atoms with E-state index in [1.165, 1.54) is 6.07 Å². The molecule has 0 bridgehead atoms. The Morgan fingerprint density at radius 3 is 2.63 bits per heavy atom. The van der Waals surface area contributed by atoms with Crippen molar-refractivity contribution in [2.45, 2.75) is 25.4 Å². The summed E-state index contributed by atoms with van der Waals surface area (Å²) in [6.07, 6.45) is 2.24. The van der Waals surface area contributed by atoms with E-state index in [0.29, 0.717) is 12.6 Å². The average molecular weight is 308 g/mol. The minimum atomic E-state index is -0.353. The van der Waals surface area contributed by atoms with Gasteiger partial charge in [0.2, 0.25) is 0 Å². The SMILES string of the molecule is Cl.Cl.O=[N+]([O-])c1cccc(CNC2CCNCC2)c1. The summed E-state index contributed by atoms with van der Waals surface area (Å²) in [5.74, 6) is 0. The first-order chi connectivity index (χ1) is 8.25. The third-order valence-electron chi connectivity index (χ3n) is 3.06. The number of piperidine rings is 1. The highest BCUT2D eigenvalue weighted by atomic mass is 35.5. The Morgan fingerprint density at radius 1 is 1.32 bits per heavy atom. The van der Waals surface area contributed by atoms with Crippen molar-refractivity contribution in [2.24, 2.45) is 0 Å². The number of rotatable bonds is 4. The average Bonchev–Trinajstić information content (AvgIpc) is 2.38. The van der Waals surface area contributed by atoms with E-state index in [1.807, 2.05) is 6.07 Å². The molecular formula is C12H19Cl2N3O2. The molecule has 7 heteroatoms. The Kier molecular flexibility index (Phi) is 8.67. The first-order valence-electron chi connectivity index (χ1n) is 5.93. The lowest BCUT2D eigenvalue weighted by molar-refractivity contribution is -0.384. The molecule has 0 saturated carbocycles. The van der Waals surface area contributed by atoms with Crippen molar-refractivity contribution in [3.05, 3.63) is 39.9 Å². The fourth-order valence-corrected chi connectivity index (χ4v) is 2.07. The Labute approximate surface area is 125 Å². The molecule has 0 aliphatic carbocycles. The number of benzene rings is 1. The molecular weight excluding hydrogens is 289 g/mol. The molecule has 0 unspecified atom stereocenters. The van der Waals surface area contributed by atoms with E-state index in [1.54, 1.807) is 12.1 Å². The van der Waals surface area contributed by atoms with Gasteiger partial charge >= 0.3 is 0 Å². The molecule has 1 heterocycles. The van der Waals surface area contributed by atoms with E-state index in [9.17, 15) is 10.1 Å². The monoisotopic (exact) mass is 307 g/mol. The number of nitro benzene ring substituents is 1. The first-order valence-corrected chi connectivity index (χ1v) is 5.93. The predicted octanol–water partition coefficient (Wildman–Crippen LogP) is 2.28. The molecule has 19 heavy (non-hydrogen) atoms. The molecule has 1 saturated heterocycles. The van der Waals surface area contributed by atoms with Crippen LogP contribution in [0.2, 0.25) is 0 Å². The highest BCUT2D eigenvalue weighted by Crippen LogP contribution is 2.13. The van der Waals surface area contributed by atoms with Gasteiger partial charge in [-0.3, -0.25) is 10.1 Å². The molecule has 1 aromatic carbocycles. The molecule has 0 amide bonds. The molecule has 1 aliphatic heterocycles. The zero-order valence-electron chi connectivity index (χ0n) is 10.5. The number of halogens is 2. The lowest BCUT2D eigenvalue weighted by Crippen LogP contribution is -2.39. The normalized spacial score (nSPS) is 15.2. The van der Waals surface area contributed by atoms with Gasteiger partial charge in [-0.1, -0.05) is 12.1 Å². The minimum absolute atomic E-state index is 0. The van der Waals surface area contributed by atoms with Gasteiger partial charge in [0.25, 0.3) is 5.69 Å². The van der Waals surface area contributed by atoms with E-state index < -0.39 is 0 Å². The van der Waals surface area contributed by atoms with Crippen LogP contribution < -0.4 is 10.6 Å². The first kappa shape index (κ1) is 18.1. The van der Waals surface area contributed by atoms with Crippen molar-refractivity contribution in [3.63, 3.8) is 0 Å². The number of hydrogen-bond donors (Lipinski definition) is 2. The third-order valence-corrected chi connectivity index (χ3v) is 3.06. The van der Waals surface area contributed by atoms with Crippen LogP contribution >= 0.6 is 24.8 Å². The lowest BCUT2D eigenvalue weighted by Gasteiger charge is -2.23. The number of hydrogen-bond acceptors (Lipinski definition) is 4. The second kappa shape index (κ2) is 9.09. The molecule has 1 aromatic rings. The predicted molar refractivity (Wildman–Crippen MR) is 80.3 cm³/mol. The van der Waals surface area contributed by atoms with Gasteiger partial charge < -0.3 is 10.6 Å². The smallest absolute Gasteiger partial charge is 0.269 e. The lowest BCUT2D eigenvalue weighted by atomic mass is 10.1. The molecule has 0 spiro atoms. The molecule has 108 valence electrons. The van der Waals surface area contributed by atoms with Crippen molar-refractivity contribution < 1.29 is 4.92 Å². The summed E-state index contributed by atoms with van der Waals surface area (Å²) in [4.78, 5) is 10.3. The molecule has 0 aromatic heterocycles. The summed E-state index contributed by atoms with van der Waals surface area (Å²) in [7, 11) is 0. The summed E-state index contributed by atoms with van der Waals surface area (Å²) < 4.78 is 0. The van der Waals surface area contributed by atoms with Gasteiger partial charge in [-0.15, -0.1) is 24.8 Å². The van der Waals surface area contributed by atoms with Crippen molar-refractivity contribution in [3.8, 4) is 0 Å². The maximum absolute atomic E-state index is 10.6. The molecule has 0 atom stereocenters. The highest BCUT2D eigenvalue weighted by Gasteiger charge is 2.12. The third kappa shape index (κ3) is 5.74. The van der Waals surface area contributed by atoms with Gasteiger partial charge in [-0.25, -0.2) is 0 Å². The van der Waals surface area contributed by atoms with Crippen LogP contribution in [0.3, 0.4) is 0 Å². The summed E-state index contributed by atoms with van der Waals surface area (Å²) in [6.45, 7) is 2.80. The van der Waals surface area contributed by atoms with E-state index in [0.717, 1.165) is 31.5 Å². The van der Waals surface area contributed by atoms with Crippen molar-refractivity contribution >= 4 is 30.5 Å². The zero-order chi connectivity index (χ0) is 12.1. The molecule has 0 radical (unpaired) electrons. The van der Waals surface area contributed by atoms with Gasteiger partial charge in [0.1, 0.15) is 0 Å². The van der Waals surface area contributed by atoms with E-state index in [2.05, 4.69) is 10.6 Å². The molecule has 2 rings (SSSR count). The van der Waals surface area contributed by atoms with E-state index in [4.69, 9.17) is 0 Å². The van der Waals surface area contributed by atoms with Crippen LogP contribution in [0.4, 0.5) is 5.69 Å². The van der Waals surface area contributed by atoms with E-state index >= 15 is 0 Å². The number of nitrogens with zero attached hydrogens (tertiary/aromatic N) is 1. The van der Waals surface area contributed by atoms with Gasteiger partial charge in [0, 0.05) is 24.7 Å². The maximum atomic E-state index is 10.6. The van der Waals surface area contributed by atoms with Crippen LogP contribution in [0.1, 0.15) is 18.4 Å². The van der Waals surface area contributed by atoms with Crippen LogP contribution in [-0.4, -0.2) is 24.1 Å². The molecule has 5 nitrogen and oxygen atoms in total. The maximum Gasteiger partial charge on any atom is 0.269 e. The van der Waals surface area contributed by atoms with Crippen LogP contribution in [0.15, 0.2) is 24.3 Å². The fourth-order valence-electron chi connectivity index (χ4n) is 2.07. The van der Waals surface area contributed by atoms with Crippen molar-refractivity contribution in [1.29, 1.82) is 0 Å². The van der Waals surface area contributed by atoms with Crippen molar-refractivity contribution in [1.82, 2.24) is 10.6 Å². The largest absolute Gasteiger partial charge is 0.317 e. The minimum Gasteiger partial charge on any atom is -0.317 e. The summed E-state index contributed by atoms with van der Waals surface area (Å²) in [6, 6.07) is 7.33. The second-order valence-corrected chi connectivity index (χ2v) is 4.33. The van der Waals surface area contributed by atoms with Gasteiger partial charge in [0.05, 0.1) is 4.92 Å². The summed E-state index contributed by atoms with van der Waals surface area (Å²) >= 11 is 0. The standard InChI is InChI=1S/C12H17N3O2.2ClH/c16-15(17)12-3-1-2-10(8-12)9-14-11-4-6-13-7-5-11;;/h1-3,8,11,13-14H,4-7,9H2;2*1H. The van der Waals surface area contributed by atoms with Crippen LogP contribution in [0, 0.1) is 10.1 Å². The quantitative estimate of drug-likeness (QED) is 0.661. The molecule has 1 fully saturated rings. The number of nitrogens with one attached hydrogen (secondary N) is 2. The summed E-state index contributed by atoms with van der Waals surface area (Å²) in [5, 5.41) is 17.4. The number of non-ortho nitro benzene ring substituents is 1. The van der Waals surface area contributed by atoms with Crippen LogP contribution in [0.25, 0.3) is 0 Å². The van der Waals surface area contributed by atoms with Crippen LogP contribution in [0.5, 0.6) is 0 Å². The van der Waals surface area contributed by atoms with Gasteiger partial charge in [0.15, 0.2) is 0 Å². The fraction of sp³-hybridized carbons (Fsp3) is 0.500. The Balaban J connectivity index is 0.00000162. The Morgan fingerprint density at radius 2 is 2.00 bits per heavy atom. The topological polar surface area (TPSA) is 67.2 Å². The highest BCUT2D eigenvalue weighted by molar-refractivity contribution is 5.85. The molecule has 1 aliphatic rings. The molecule has 2 N–H and O–H groups in total. The van der Waals surface area contributed by atoms with Crippen LogP contribution in [-0.2, 0) is 6.54 Å². The number of nitro groups is 1. The zero-order valence-corrected chi connectivity index (χ0v) is 12.1. The van der Waals surface area contributed by atoms with Gasteiger partial charge in [-0.05, 0) is 31.5 Å².